The standard InChI is InChI=1S/C24H28N8O/c1-3-33-24-27-9-7-19(30-24)18-4-5-20-21(14-18)29-23(28-20)31-22-15-17(6-8-26-22)16(2)32-12-10-25-11-13-32/h4-9,14-16,25H,3,10-13H2,1-2H3,(H2,26,28,29,31). The van der Waals surface area contributed by atoms with E-state index < -0.39 is 0 Å². The first-order chi connectivity index (χ1) is 16.2. The van der Waals surface area contributed by atoms with Gasteiger partial charge in [-0.2, -0.15) is 4.98 Å². The number of hydrogen-bond donors (Lipinski definition) is 3. The summed E-state index contributed by atoms with van der Waals surface area (Å²) < 4.78 is 5.43. The predicted molar refractivity (Wildman–Crippen MR) is 129 cm³/mol. The van der Waals surface area contributed by atoms with Gasteiger partial charge >= 0.3 is 6.01 Å². The van der Waals surface area contributed by atoms with E-state index in [0.717, 1.165) is 54.3 Å². The van der Waals surface area contributed by atoms with E-state index in [1.165, 1.54) is 5.56 Å². The van der Waals surface area contributed by atoms with Crippen molar-refractivity contribution in [3.05, 3.63) is 54.4 Å². The largest absolute Gasteiger partial charge is 0.464 e. The zero-order valence-electron chi connectivity index (χ0n) is 18.9. The minimum Gasteiger partial charge on any atom is -0.464 e. The fraction of sp³-hybridized carbons (Fsp3) is 0.333. The molecule has 5 rings (SSSR count). The van der Waals surface area contributed by atoms with E-state index in [1.54, 1.807) is 6.20 Å². The third-order valence-electron chi connectivity index (χ3n) is 5.90. The lowest BCUT2D eigenvalue weighted by atomic mass is 10.1. The highest BCUT2D eigenvalue weighted by atomic mass is 16.5. The van der Waals surface area contributed by atoms with Gasteiger partial charge in [0.15, 0.2) is 0 Å². The number of anilines is 2. The van der Waals surface area contributed by atoms with Gasteiger partial charge in [0.1, 0.15) is 5.82 Å². The van der Waals surface area contributed by atoms with Crippen LogP contribution in [0.25, 0.3) is 22.3 Å². The first-order valence-corrected chi connectivity index (χ1v) is 11.3. The molecule has 0 spiro atoms. The number of aromatic amines is 1. The highest BCUT2D eigenvalue weighted by molar-refractivity contribution is 5.83. The fourth-order valence-corrected chi connectivity index (χ4v) is 4.11. The van der Waals surface area contributed by atoms with Crippen LogP contribution in [-0.4, -0.2) is 62.6 Å². The Morgan fingerprint density at radius 3 is 2.76 bits per heavy atom. The molecule has 3 aromatic heterocycles. The summed E-state index contributed by atoms with van der Waals surface area (Å²) in [6, 6.07) is 12.8. The van der Waals surface area contributed by atoms with Crippen LogP contribution in [0.4, 0.5) is 11.8 Å². The number of nitrogens with zero attached hydrogens (tertiary/aromatic N) is 5. The Labute approximate surface area is 192 Å². The van der Waals surface area contributed by atoms with Gasteiger partial charge in [-0.1, -0.05) is 6.07 Å². The molecule has 0 aliphatic carbocycles. The highest BCUT2D eigenvalue weighted by Gasteiger charge is 2.18. The maximum Gasteiger partial charge on any atom is 0.316 e. The Hall–Kier alpha value is -3.56. The number of H-pyrrole nitrogens is 1. The molecule has 4 heterocycles. The van der Waals surface area contributed by atoms with E-state index in [4.69, 9.17) is 4.74 Å². The summed E-state index contributed by atoms with van der Waals surface area (Å²) in [5.41, 5.74) is 4.78. The van der Waals surface area contributed by atoms with Crippen LogP contribution < -0.4 is 15.4 Å². The summed E-state index contributed by atoms with van der Waals surface area (Å²) in [5, 5.41) is 6.73. The SMILES string of the molecule is CCOc1nccc(-c2ccc3nc(Nc4cc(C(C)N5CCNCC5)ccn4)[nH]c3c2)n1. The molecule has 1 unspecified atom stereocenters. The highest BCUT2D eigenvalue weighted by Crippen LogP contribution is 2.26. The van der Waals surface area contributed by atoms with Crippen LogP contribution >= 0.6 is 0 Å². The van der Waals surface area contributed by atoms with Crippen LogP contribution in [0.15, 0.2) is 48.8 Å². The second-order valence-electron chi connectivity index (χ2n) is 8.04. The summed E-state index contributed by atoms with van der Waals surface area (Å²) in [4.78, 5) is 23.6. The van der Waals surface area contributed by atoms with E-state index >= 15 is 0 Å². The molecule has 170 valence electrons. The summed E-state index contributed by atoms with van der Waals surface area (Å²) in [6.07, 6.45) is 3.56. The second kappa shape index (κ2) is 9.51. The van der Waals surface area contributed by atoms with E-state index in [0.29, 0.717) is 24.6 Å². The molecule has 1 atom stereocenters. The predicted octanol–water partition coefficient (Wildman–Crippen LogP) is 3.52. The van der Waals surface area contributed by atoms with Gasteiger partial charge in [0, 0.05) is 50.2 Å². The molecular weight excluding hydrogens is 416 g/mol. The zero-order chi connectivity index (χ0) is 22.6. The van der Waals surface area contributed by atoms with Crippen molar-refractivity contribution in [1.82, 2.24) is 35.1 Å². The van der Waals surface area contributed by atoms with Gasteiger partial charge < -0.3 is 20.4 Å². The molecule has 0 radical (unpaired) electrons. The van der Waals surface area contributed by atoms with Crippen molar-refractivity contribution in [1.29, 1.82) is 0 Å². The van der Waals surface area contributed by atoms with Crippen LogP contribution in [0.3, 0.4) is 0 Å². The van der Waals surface area contributed by atoms with Gasteiger partial charge in [-0.15, -0.1) is 0 Å². The molecule has 1 aromatic carbocycles. The third kappa shape index (κ3) is 4.79. The summed E-state index contributed by atoms with van der Waals surface area (Å²) in [6.45, 7) is 8.86. The van der Waals surface area contributed by atoms with Gasteiger partial charge in [0.25, 0.3) is 0 Å². The number of benzene rings is 1. The van der Waals surface area contributed by atoms with Crippen LogP contribution in [-0.2, 0) is 0 Å². The molecule has 1 saturated heterocycles. The second-order valence-corrected chi connectivity index (χ2v) is 8.04. The maximum atomic E-state index is 5.43. The van der Waals surface area contributed by atoms with E-state index in [-0.39, 0.29) is 0 Å². The molecule has 1 fully saturated rings. The van der Waals surface area contributed by atoms with Crippen molar-refractivity contribution in [2.24, 2.45) is 0 Å². The van der Waals surface area contributed by atoms with Crippen molar-refractivity contribution < 1.29 is 4.74 Å². The Balaban J connectivity index is 1.35. The average Bonchev–Trinajstić information content (AvgIpc) is 3.26. The topological polar surface area (TPSA) is 104 Å². The van der Waals surface area contributed by atoms with E-state index in [9.17, 15) is 0 Å². The molecular formula is C24H28N8O. The van der Waals surface area contributed by atoms with Crippen LogP contribution in [0.1, 0.15) is 25.5 Å². The molecule has 33 heavy (non-hydrogen) atoms. The number of nitrogens with one attached hydrogen (secondary N) is 3. The lowest BCUT2D eigenvalue weighted by Gasteiger charge is -2.33. The first-order valence-electron chi connectivity index (χ1n) is 11.3. The van der Waals surface area contributed by atoms with Gasteiger partial charge in [0.2, 0.25) is 5.95 Å². The lowest BCUT2D eigenvalue weighted by Crippen LogP contribution is -2.44. The number of ether oxygens (including phenoxy) is 1. The minimum absolute atomic E-state index is 0.336. The summed E-state index contributed by atoms with van der Waals surface area (Å²) in [7, 11) is 0. The lowest BCUT2D eigenvalue weighted by molar-refractivity contribution is 0.185. The molecule has 9 heteroatoms. The van der Waals surface area contributed by atoms with Gasteiger partial charge in [-0.05, 0) is 49.7 Å². The Kier molecular flexibility index (Phi) is 6.14. The smallest absolute Gasteiger partial charge is 0.316 e. The van der Waals surface area contributed by atoms with Gasteiger partial charge in [-0.3, -0.25) is 4.90 Å². The third-order valence-corrected chi connectivity index (χ3v) is 5.90. The minimum atomic E-state index is 0.336. The van der Waals surface area contributed by atoms with Crippen molar-refractivity contribution in [2.45, 2.75) is 19.9 Å². The van der Waals surface area contributed by atoms with Crippen molar-refractivity contribution in [3.8, 4) is 17.3 Å². The van der Waals surface area contributed by atoms with Crippen molar-refractivity contribution >= 4 is 22.8 Å². The number of pyridine rings is 1. The molecule has 9 nitrogen and oxygen atoms in total. The Bertz CT molecular complexity index is 1230. The zero-order valence-corrected chi connectivity index (χ0v) is 18.9. The van der Waals surface area contributed by atoms with Crippen molar-refractivity contribution in [3.63, 3.8) is 0 Å². The van der Waals surface area contributed by atoms with E-state index in [1.807, 2.05) is 37.4 Å². The Morgan fingerprint density at radius 2 is 1.91 bits per heavy atom. The Morgan fingerprint density at radius 1 is 1.06 bits per heavy atom. The molecule has 4 aromatic rings. The van der Waals surface area contributed by atoms with Crippen molar-refractivity contribution in [2.75, 3.05) is 38.1 Å². The van der Waals surface area contributed by atoms with Gasteiger partial charge in [-0.25, -0.2) is 15.0 Å². The number of piperazine rings is 1. The average molecular weight is 445 g/mol. The van der Waals surface area contributed by atoms with Gasteiger partial charge in [0.05, 0.1) is 23.3 Å². The summed E-state index contributed by atoms with van der Waals surface area (Å²) >= 11 is 0. The quantitative estimate of drug-likeness (QED) is 0.398. The molecule has 3 N–H and O–H groups in total. The molecule has 0 bridgehead atoms. The maximum absolute atomic E-state index is 5.43. The van der Waals surface area contributed by atoms with E-state index in [2.05, 4.69) is 59.5 Å². The monoisotopic (exact) mass is 444 g/mol. The summed E-state index contributed by atoms with van der Waals surface area (Å²) in [5.74, 6) is 1.42. The number of hydrogen-bond acceptors (Lipinski definition) is 8. The first kappa shape index (κ1) is 21.3. The van der Waals surface area contributed by atoms with Crippen LogP contribution in [0.2, 0.25) is 0 Å². The number of fused-ring (bicyclic) bond motifs is 1. The fourth-order valence-electron chi connectivity index (χ4n) is 4.11. The number of imidazole rings is 1. The molecule has 1 aliphatic rings. The molecule has 0 saturated carbocycles. The number of rotatable bonds is 7. The van der Waals surface area contributed by atoms with Crippen LogP contribution in [0.5, 0.6) is 6.01 Å². The normalized spacial score (nSPS) is 15.5. The molecule has 0 amide bonds. The molecule has 1 aliphatic heterocycles. The number of aromatic nitrogens is 5. The van der Waals surface area contributed by atoms with Crippen LogP contribution in [0, 0.1) is 0 Å².